The van der Waals surface area contributed by atoms with Gasteiger partial charge in [0, 0.05) is 5.56 Å². The Labute approximate surface area is 115 Å². The van der Waals surface area contributed by atoms with E-state index in [9.17, 15) is 14.3 Å². The molecule has 4 atom stereocenters. The average molecular weight is 281 g/mol. The molecule has 2 heterocycles. The van der Waals surface area contributed by atoms with Crippen LogP contribution in [0.4, 0.5) is 4.39 Å². The average Bonchev–Trinajstić information content (AvgIpc) is 2.97. The van der Waals surface area contributed by atoms with Gasteiger partial charge in [0.25, 0.3) is 5.91 Å². The van der Waals surface area contributed by atoms with Gasteiger partial charge in [-0.3, -0.25) is 4.79 Å². The summed E-state index contributed by atoms with van der Waals surface area (Å²) in [6.07, 6.45) is -1.39. The van der Waals surface area contributed by atoms with Crippen molar-refractivity contribution in [1.82, 2.24) is 5.32 Å². The third kappa shape index (κ3) is 2.30. The monoisotopic (exact) mass is 281 g/mol. The van der Waals surface area contributed by atoms with Crippen molar-refractivity contribution in [2.45, 2.75) is 31.3 Å². The quantitative estimate of drug-likeness (QED) is 0.823. The number of hydrogen-bond donors (Lipinski definition) is 2. The highest BCUT2D eigenvalue weighted by Crippen LogP contribution is 2.27. The summed E-state index contributed by atoms with van der Waals surface area (Å²) >= 11 is 0. The Kier molecular flexibility index (Phi) is 3.45. The predicted octanol–water partition coefficient (Wildman–Crippen LogP) is 0.391. The first-order valence-electron chi connectivity index (χ1n) is 6.54. The highest BCUT2D eigenvalue weighted by Gasteiger charge is 2.47. The first kappa shape index (κ1) is 13.5. The van der Waals surface area contributed by atoms with Crippen LogP contribution in [0.25, 0.3) is 0 Å². The van der Waals surface area contributed by atoms with Gasteiger partial charge in [0.15, 0.2) is 0 Å². The predicted molar refractivity (Wildman–Crippen MR) is 67.9 cm³/mol. The van der Waals surface area contributed by atoms with E-state index < -0.39 is 18.0 Å². The number of aryl methyl sites for hydroxylation is 1. The van der Waals surface area contributed by atoms with Gasteiger partial charge in [0.2, 0.25) is 0 Å². The van der Waals surface area contributed by atoms with Crippen LogP contribution in [-0.2, 0) is 9.47 Å². The molecule has 0 radical (unpaired) electrons. The minimum absolute atomic E-state index is 0.209. The summed E-state index contributed by atoms with van der Waals surface area (Å²) in [6.45, 7) is 2.13. The van der Waals surface area contributed by atoms with E-state index in [0.717, 1.165) is 0 Å². The van der Waals surface area contributed by atoms with E-state index in [4.69, 9.17) is 9.47 Å². The molecule has 1 amide bonds. The molecule has 3 rings (SSSR count). The van der Waals surface area contributed by atoms with Crippen LogP contribution >= 0.6 is 0 Å². The van der Waals surface area contributed by atoms with Gasteiger partial charge in [-0.25, -0.2) is 4.39 Å². The van der Waals surface area contributed by atoms with Crippen molar-refractivity contribution in [1.29, 1.82) is 0 Å². The number of aliphatic hydroxyl groups excluding tert-OH is 1. The molecule has 20 heavy (non-hydrogen) atoms. The van der Waals surface area contributed by atoms with Crippen molar-refractivity contribution in [3.05, 3.63) is 35.1 Å². The van der Waals surface area contributed by atoms with Crippen molar-refractivity contribution in [3.63, 3.8) is 0 Å². The number of amides is 1. The first-order valence-corrected chi connectivity index (χ1v) is 6.54. The fourth-order valence-corrected chi connectivity index (χ4v) is 2.59. The molecule has 0 unspecified atom stereocenters. The van der Waals surface area contributed by atoms with Gasteiger partial charge in [-0.05, 0) is 24.6 Å². The highest BCUT2D eigenvalue weighted by atomic mass is 19.1. The summed E-state index contributed by atoms with van der Waals surface area (Å²) < 4.78 is 24.3. The van der Waals surface area contributed by atoms with Gasteiger partial charge in [-0.2, -0.15) is 0 Å². The summed E-state index contributed by atoms with van der Waals surface area (Å²) in [6, 6.07) is 4.02. The first-order chi connectivity index (χ1) is 9.56. The van der Waals surface area contributed by atoms with E-state index in [-0.39, 0.29) is 36.8 Å². The second-order valence-electron chi connectivity index (χ2n) is 5.21. The van der Waals surface area contributed by atoms with Gasteiger partial charge >= 0.3 is 0 Å². The molecule has 1 aromatic rings. The van der Waals surface area contributed by atoms with E-state index >= 15 is 0 Å². The topological polar surface area (TPSA) is 67.8 Å². The molecule has 2 fully saturated rings. The zero-order valence-electron chi connectivity index (χ0n) is 11.0. The lowest BCUT2D eigenvalue weighted by atomic mass is 10.1. The number of carbonyl (C=O) groups excluding carboxylic acids is 1. The molecule has 2 saturated heterocycles. The standard InChI is InChI=1S/C14H16FNO4/c1-7-2-3-8(4-9(7)15)14(18)16-10-5-19-13-11(17)6-20-12(10)13/h2-4,10-13,17H,5-6H2,1H3,(H,16,18)/t10-,11-,12-,13-/m1/s1. The number of nitrogens with one attached hydrogen (secondary N) is 1. The van der Waals surface area contributed by atoms with Crippen LogP contribution in [0.5, 0.6) is 0 Å². The van der Waals surface area contributed by atoms with Crippen LogP contribution in [0.1, 0.15) is 15.9 Å². The number of halogens is 1. The van der Waals surface area contributed by atoms with Crippen LogP contribution in [0.2, 0.25) is 0 Å². The molecule has 1 aromatic carbocycles. The fourth-order valence-electron chi connectivity index (χ4n) is 2.59. The third-order valence-electron chi connectivity index (χ3n) is 3.78. The van der Waals surface area contributed by atoms with Gasteiger partial charge in [-0.1, -0.05) is 6.07 Å². The van der Waals surface area contributed by atoms with Crippen LogP contribution in [0.15, 0.2) is 18.2 Å². The Balaban J connectivity index is 1.69. The molecular formula is C14H16FNO4. The largest absolute Gasteiger partial charge is 0.388 e. The van der Waals surface area contributed by atoms with Gasteiger partial charge < -0.3 is 19.9 Å². The van der Waals surface area contributed by atoms with E-state index in [0.29, 0.717) is 5.56 Å². The number of aliphatic hydroxyl groups is 1. The van der Waals surface area contributed by atoms with Crippen LogP contribution in [-0.4, -0.2) is 48.6 Å². The second-order valence-corrected chi connectivity index (χ2v) is 5.21. The maximum atomic E-state index is 13.5. The molecule has 0 aromatic heterocycles. The van der Waals surface area contributed by atoms with Crippen molar-refractivity contribution in [2.75, 3.05) is 13.2 Å². The molecule has 2 aliphatic heterocycles. The van der Waals surface area contributed by atoms with Gasteiger partial charge in [0.05, 0.1) is 19.3 Å². The number of benzene rings is 1. The zero-order chi connectivity index (χ0) is 14.3. The summed E-state index contributed by atoms with van der Waals surface area (Å²) in [5, 5.41) is 12.4. The molecule has 0 aliphatic carbocycles. The molecule has 6 heteroatoms. The normalized spacial score (nSPS) is 32.1. The van der Waals surface area contributed by atoms with Crippen LogP contribution in [0.3, 0.4) is 0 Å². The van der Waals surface area contributed by atoms with Crippen LogP contribution < -0.4 is 5.32 Å². The van der Waals surface area contributed by atoms with Crippen molar-refractivity contribution < 1.29 is 23.8 Å². The number of carbonyl (C=O) groups is 1. The Morgan fingerprint density at radius 3 is 2.85 bits per heavy atom. The number of hydrogen-bond acceptors (Lipinski definition) is 4. The molecule has 2 N–H and O–H groups in total. The maximum Gasteiger partial charge on any atom is 0.251 e. The lowest BCUT2D eigenvalue weighted by molar-refractivity contribution is 0.0178. The molecule has 0 spiro atoms. The van der Waals surface area contributed by atoms with E-state index in [1.54, 1.807) is 19.1 Å². The number of fused-ring (bicyclic) bond motifs is 1. The zero-order valence-corrected chi connectivity index (χ0v) is 11.0. The minimum Gasteiger partial charge on any atom is -0.388 e. The third-order valence-corrected chi connectivity index (χ3v) is 3.78. The summed E-state index contributed by atoms with van der Waals surface area (Å²) in [4.78, 5) is 12.1. The Hall–Kier alpha value is -1.50. The molecule has 0 bridgehead atoms. The van der Waals surface area contributed by atoms with Crippen molar-refractivity contribution in [3.8, 4) is 0 Å². The molecule has 108 valence electrons. The van der Waals surface area contributed by atoms with Gasteiger partial charge in [-0.15, -0.1) is 0 Å². The van der Waals surface area contributed by atoms with E-state index in [2.05, 4.69) is 5.32 Å². The van der Waals surface area contributed by atoms with Crippen LogP contribution in [0, 0.1) is 12.7 Å². The minimum atomic E-state index is -0.654. The number of ether oxygens (including phenoxy) is 2. The van der Waals surface area contributed by atoms with Crippen molar-refractivity contribution >= 4 is 5.91 Å². The molecule has 0 saturated carbocycles. The Morgan fingerprint density at radius 1 is 1.35 bits per heavy atom. The number of rotatable bonds is 2. The second kappa shape index (κ2) is 5.12. The Morgan fingerprint density at radius 2 is 2.10 bits per heavy atom. The lowest BCUT2D eigenvalue weighted by Crippen LogP contribution is -2.44. The SMILES string of the molecule is Cc1ccc(C(=O)N[C@@H]2CO[C@H]3[C@@H]2OC[C@H]3O)cc1F. The maximum absolute atomic E-state index is 13.5. The van der Waals surface area contributed by atoms with E-state index in [1.807, 2.05) is 0 Å². The summed E-state index contributed by atoms with van der Waals surface area (Å²) in [7, 11) is 0. The van der Waals surface area contributed by atoms with Crippen molar-refractivity contribution in [2.24, 2.45) is 0 Å². The van der Waals surface area contributed by atoms with Gasteiger partial charge in [0.1, 0.15) is 24.1 Å². The smallest absolute Gasteiger partial charge is 0.251 e. The van der Waals surface area contributed by atoms with E-state index in [1.165, 1.54) is 6.07 Å². The Bertz CT molecular complexity index is 536. The molecule has 5 nitrogen and oxygen atoms in total. The fraction of sp³-hybridized carbons (Fsp3) is 0.500. The molecule has 2 aliphatic rings. The summed E-state index contributed by atoms with van der Waals surface area (Å²) in [5.41, 5.74) is 0.753. The molecular weight excluding hydrogens is 265 g/mol. The summed E-state index contributed by atoms with van der Waals surface area (Å²) in [5.74, 6) is -0.783. The highest BCUT2D eigenvalue weighted by molar-refractivity contribution is 5.94. The lowest BCUT2D eigenvalue weighted by Gasteiger charge is -2.17.